The number of esters is 2. The second-order valence-corrected chi connectivity index (χ2v) is 10.4. The molecule has 3 N–H and O–H groups in total. The van der Waals surface area contributed by atoms with E-state index in [1.54, 1.807) is 0 Å². The van der Waals surface area contributed by atoms with Gasteiger partial charge in [-0.05, 0) is 44.4 Å². The van der Waals surface area contributed by atoms with Crippen LogP contribution in [0.3, 0.4) is 0 Å². The van der Waals surface area contributed by atoms with Gasteiger partial charge in [-0.3, -0.25) is 15.0 Å². The average Bonchev–Trinajstić information content (AvgIpc) is 2.96. The summed E-state index contributed by atoms with van der Waals surface area (Å²) in [6, 6.07) is 15.4. The largest absolute Gasteiger partial charge is 0.460 e. The van der Waals surface area contributed by atoms with Crippen molar-refractivity contribution in [2.75, 3.05) is 19.7 Å². The molecule has 0 saturated carbocycles. The molecule has 43 heavy (non-hydrogen) atoms. The molecule has 0 bridgehead atoms. The van der Waals surface area contributed by atoms with E-state index in [0.717, 1.165) is 18.5 Å². The molecule has 14 nitrogen and oxygen atoms in total. The van der Waals surface area contributed by atoms with E-state index in [0.29, 0.717) is 19.5 Å². The highest BCUT2D eigenvalue weighted by Gasteiger charge is 2.40. The number of nitrogens with one attached hydrogen (secondary N) is 1. The Morgan fingerprint density at radius 1 is 1.09 bits per heavy atom. The van der Waals surface area contributed by atoms with Crippen LogP contribution in [-0.4, -0.2) is 58.8 Å². The van der Waals surface area contributed by atoms with Crippen LogP contribution in [0.25, 0.3) is 0 Å². The van der Waals surface area contributed by atoms with Gasteiger partial charge in [0.2, 0.25) is 0 Å². The normalized spacial score (nSPS) is 19.7. The number of rotatable bonds is 11. The number of allylic oxidation sites excluding steroid dienone is 1. The molecule has 0 aliphatic carbocycles. The third-order valence-corrected chi connectivity index (χ3v) is 7.15. The number of nitrogens with two attached hydrogens (primary N) is 1. The van der Waals surface area contributed by atoms with Crippen LogP contribution >= 0.6 is 0 Å². The quantitative estimate of drug-likeness (QED) is 0.220. The SMILES string of the molecule is CC1=C(C(=O)OCC(C)O[N+](=O)[O-])C(c2cccc([N+](=O)[O-])c2)C(C(=O)OC2CCCN(Cc3ccccc3)C2)=C(N)N1. The fourth-order valence-electron chi connectivity index (χ4n) is 5.26. The summed E-state index contributed by atoms with van der Waals surface area (Å²) in [7, 11) is 0. The maximum atomic E-state index is 13.8. The zero-order chi connectivity index (χ0) is 31.1. The molecule has 1 fully saturated rings. The van der Waals surface area contributed by atoms with Gasteiger partial charge < -0.3 is 25.4 Å². The van der Waals surface area contributed by atoms with Gasteiger partial charge in [-0.1, -0.05) is 42.5 Å². The van der Waals surface area contributed by atoms with Crippen molar-refractivity contribution in [1.82, 2.24) is 10.2 Å². The second kappa shape index (κ2) is 13.8. The molecular formula is C29H33N5O9. The zero-order valence-corrected chi connectivity index (χ0v) is 23.8. The van der Waals surface area contributed by atoms with E-state index in [4.69, 9.17) is 15.2 Å². The van der Waals surface area contributed by atoms with E-state index in [1.807, 2.05) is 30.3 Å². The van der Waals surface area contributed by atoms with Crippen molar-refractivity contribution in [3.05, 3.63) is 109 Å². The summed E-state index contributed by atoms with van der Waals surface area (Å²) in [6.45, 7) is 4.43. The Kier molecular flexibility index (Phi) is 9.93. The first-order valence-corrected chi connectivity index (χ1v) is 13.7. The molecule has 0 radical (unpaired) electrons. The lowest BCUT2D eigenvalue weighted by Gasteiger charge is -2.34. The van der Waals surface area contributed by atoms with E-state index >= 15 is 0 Å². The molecule has 2 aliphatic heterocycles. The monoisotopic (exact) mass is 595 g/mol. The van der Waals surface area contributed by atoms with Gasteiger partial charge in [0.15, 0.2) is 0 Å². The molecule has 2 heterocycles. The lowest BCUT2D eigenvalue weighted by Crippen LogP contribution is -2.42. The van der Waals surface area contributed by atoms with E-state index in [1.165, 1.54) is 38.1 Å². The van der Waals surface area contributed by atoms with E-state index in [9.17, 15) is 29.8 Å². The first kappa shape index (κ1) is 31.0. The van der Waals surface area contributed by atoms with Crippen molar-refractivity contribution in [2.45, 2.75) is 51.4 Å². The summed E-state index contributed by atoms with van der Waals surface area (Å²) in [5, 5.41) is 24.1. The minimum atomic E-state index is -1.18. The van der Waals surface area contributed by atoms with Crippen LogP contribution in [0.2, 0.25) is 0 Å². The number of nitro groups is 1. The lowest BCUT2D eigenvalue weighted by atomic mass is 9.81. The Labute approximate surface area is 247 Å². The Hall–Kier alpha value is -4.98. The fourth-order valence-corrected chi connectivity index (χ4v) is 5.26. The number of nitrogens with zero attached hydrogens (tertiary/aromatic N) is 3. The van der Waals surface area contributed by atoms with Gasteiger partial charge in [0.25, 0.3) is 10.8 Å². The first-order chi connectivity index (χ1) is 20.5. The molecule has 0 spiro atoms. The van der Waals surface area contributed by atoms with Crippen molar-refractivity contribution in [2.24, 2.45) is 5.73 Å². The number of non-ortho nitro benzene ring substituents is 1. The van der Waals surface area contributed by atoms with E-state index in [2.05, 4.69) is 15.1 Å². The van der Waals surface area contributed by atoms with Crippen LogP contribution in [0.15, 0.2) is 77.3 Å². The van der Waals surface area contributed by atoms with Gasteiger partial charge in [0, 0.05) is 30.9 Å². The number of dihydropyridines is 1. The highest BCUT2D eigenvalue weighted by atomic mass is 17.0. The maximum absolute atomic E-state index is 13.8. The number of benzene rings is 2. The molecule has 2 aromatic carbocycles. The minimum absolute atomic E-state index is 0.0516. The summed E-state index contributed by atoms with van der Waals surface area (Å²) in [5.74, 6) is -2.95. The molecule has 2 aliphatic rings. The third kappa shape index (κ3) is 7.86. The fraction of sp³-hybridized carbons (Fsp3) is 0.379. The Bertz CT molecular complexity index is 1440. The van der Waals surface area contributed by atoms with Gasteiger partial charge in [-0.25, -0.2) is 9.59 Å². The Balaban J connectivity index is 1.61. The van der Waals surface area contributed by atoms with Crippen molar-refractivity contribution >= 4 is 17.6 Å². The summed E-state index contributed by atoms with van der Waals surface area (Å²) in [5.41, 5.74) is 7.50. The van der Waals surface area contributed by atoms with Crippen molar-refractivity contribution in [3.8, 4) is 0 Å². The number of carbonyl (C=O) groups excluding carboxylic acids is 2. The van der Waals surface area contributed by atoms with Crippen LogP contribution in [0.4, 0.5) is 5.69 Å². The lowest BCUT2D eigenvalue weighted by molar-refractivity contribution is -0.767. The maximum Gasteiger partial charge on any atom is 0.338 e. The zero-order valence-electron chi connectivity index (χ0n) is 23.8. The molecule has 0 amide bonds. The smallest absolute Gasteiger partial charge is 0.338 e. The number of piperidine rings is 1. The number of ether oxygens (including phenoxy) is 2. The summed E-state index contributed by atoms with van der Waals surface area (Å²) < 4.78 is 11.2. The van der Waals surface area contributed by atoms with E-state index < -0.39 is 46.7 Å². The Morgan fingerprint density at radius 2 is 1.84 bits per heavy atom. The van der Waals surface area contributed by atoms with Crippen LogP contribution in [0, 0.1) is 20.2 Å². The molecule has 3 atom stereocenters. The van der Waals surface area contributed by atoms with Crippen LogP contribution < -0.4 is 11.1 Å². The predicted octanol–water partition coefficient (Wildman–Crippen LogP) is 3.07. The number of nitro benzene ring substituents is 1. The van der Waals surface area contributed by atoms with Crippen LogP contribution in [-0.2, 0) is 30.4 Å². The molecule has 1 saturated heterocycles. The topological polar surface area (TPSA) is 189 Å². The average molecular weight is 596 g/mol. The van der Waals surface area contributed by atoms with Gasteiger partial charge >= 0.3 is 11.9 Å². The Morgan fingerprint density at radius 3 is 2.53 bits per heavy atom. The molecule has 3 unspecified atom stereocenters. The molecular weight excluding hydrogens is 562 g/mol. The van der Waals surface area contributed by atoms with Gasteiger partial charge in [-0.2, -0.15) is 0 Å². The van der Waals surface area contributed by atoms with E-state index in [-0.39, 0.29) is 33.9 Å². The summed E-state index contributed by atoms with van der Waals surface area (Å²) in [4.78, 5) is 55.4. The molecule has 228 valence electrons. The standard InChI is InChI=1S/C29H33N5O9/c1-18(43-34(39)40)17-41-28(35)24-19(2)31-27(30)26(25(24)21-10-6-11-22(14-21)33(37)38)29(36)42-23-12-7-13-32(16-23)15-20-8-4-3-5-9-20/h3-6,8-11,14,18,23,25,31H,7,12-13,15-17,30H2,1-2H3. The third-order valence-electron chi connectivity index (χ3n) is 7.15. The minimum Gasteiger partial charge on any atom is -0.460 e. The van der Waals surface area contributed by atoms with Gasteiger partial charge in [0.1, 0.15) is 24.6 Å². The summed E-state index contributed by atoms with van der Waals surface area (Å²) >= 11 is 0. The van der Waals surface area contributed by atoms with Crippen molar-refractivity contribution < 1.29 is 33.9 Å². The molecule has 14 heteroatoms. The van der Waals surface area contributed by atoms with Crippen LogP contribution in [0.1, 0.15) is 43.7 Å². The highest BCUT2D eigenvalue weighted by Crippen LogP contribution is 2.39. The highest BCUT2D eigenvalue weighted by molar-refractivity contribution is 6.00. The van der Waals surface area contributed by atoms with Crippen molar-refractivity contribution in [1.29, 1.82) is 0 Å². The molecule has 4 rings (SSSR count). The van der Waals surface area contributed by atoms with Gasteiger partial charge in [0.05, 0.1) is 22.0 Å². The summed E-state index contributed by atoms with van der Waals surface area (Å²) in [6.07, 6.45) is -0.106. The van der Waals surface area contributed by atoms with Crippen LogP contribution in [0.5, 0.6) is 0 Å². The first-order valence-electron chi connectivity index (χ1n) is 13.7. The number of hydrogen-bond acceptors (Lipinski definition) is 12. The number of carbonyl (C=O) groups is 2. The predicted molar refractivity (Wildman–Crippen MR) is 152 cm³/mol. The second-order valence-electron chi connectivity index (χ2n) is 10.4. The number of hydrogen-bond donors (Lipinski definition) is 2. The molecule has 0 aromatic heterocycles. The van der Waals surface area contributed by atoms with Gasteiger partial charge in [-0.15, -0.1) is 10.1 Å². The number of likely N-dealkylation sites (tertiary alicyclic amines) is 1. The molecule has 2 aromatic rings. The van der Waals surface area contributed by atoms with Crippen molar-refractivity contribution in [3.63, 3.8) is 0 Å².